The van der Waals surface area contributed by atoms with Crippen LogP contribution >= 0.6 is 22.9 Å². The van der Waals surface area contributed by atoms with E-state index in [1.165, 1.54) is 11.3 Å². The third-order valence-corrected chi connectivity index (χ3v) is 4.34. The SMILES string of the molecule is O=C1CN(O)C(Cc2cnc(Cl)s2)N2CC=CC=C12. The molecule has 1 atom stereocenters. The summed E-state index contributed by atoms with van der Waals surface area (Å²) >= 11 is 7.21. The molecule has 0 aliphatic carbocycles. The van der Waals surface area contributed by atoms with Gasteiger partial charge < -0.3 is 10.1 Å². The molecule has 100 valence electrons. The van der Waals surface area contributed by atoms with E-state index in [0.29, 0.717) is 23.1 Å². The van der Waals surface area contributed by atoms with Crippen molar-refractivity contribution in [1.82, 2.24) is 14.9 Å². The summed E-state index contributed by atoms with van der Waals surface area (Å²) in [5.74, 6) is -0.0644. The Hall–Kier alpha value is -1.21. The van der Waals surface area contributed by atoms with Crippen molar-refractivity contribution in [2.45, 2.75) is 12.6 Å². The second kappa shape index (κ2) is 5.05. The maximum absolute atomic E-state index is 11.9. The number of halogens is 1. The normalized spacial score (nSPS) is 23.5. The first-order chi connectivity index (χ1) is 9.15. The van der Waals surface area contributed by atoms with Crippen LogP contribution in [-0.2, 0) is 11.2 Å². The van der Waals surface area contributed by atoms with Gasteiger partial charge in [-0.3, -0.25) is 4.79 Å². The quantitative estimate of drug-likeness (QED) is 0.900. The number of hydroxylamine groups is 2. The van der Waals surface area contributed by atoms with Crippen molar-refractivity contribution < 1.29 is 10.0 Å². The summed E-state index contributed by atoms with van der Waals surface area (Å²) in [5.41, 5.74) is 0.661. The fraction of sp³-hybridized carbons (Fsp3) is 0.333. The van der Waals surface area contributed by atoms with Gasteiger partial charge in [0.15, 0.2) is 10.3 Å². The lowest BCUT2D eigenvalue weighted by Gasteiger charge is -2.42. The highest BCUT2D eigenvalue weighted by Crippen LogP contribution is 2.27. The summed E-state index contributed by atoms with van der Waals surface area (Å²) < 4.78 is 0.487. The maximum Gasteiger partial charge on any atom is 0.195 e. The van der Waals surface area contributed by atoms with Crippen molar-refractivity contribution in [3.8, 4) is 0 Å². The van der Waals surface area contributed by atoms with Gasteiger partial charge in [-0.1, -0.05) is 23.8 Å². The van der Waals surface area contributed by atoms with Gasteiger partial charge in [-0.25, -0.2) is 4.98 Å². The number of rotatable bonds is 2. The molecule has 0 amide bonds. The lowest BCUT2D eigenvalue weighted by atomic mass is 10.1. The molecule has 5 nitrogen and oxygen atoms in total. The number of nitrogens with zero attached hydrogens (tertiary/aromatic N) is 3. The molecule has 1 saturated heterocycles. The molecule has 3 heterocycles. The van der Waals surface area contributed by atoms with Crippen LogP contribution < -0.4 is 0 Å². The van der Waals surface area contributed by atoms with E-state index in [0.717, 1.165) is 9.94 Å². The molecule has 1 N–H and O–H groups in total. The van der Waals surface area contributed by atoms with E-state index in [-0.39, 0.29) is 18.5 Å². The molecule has 2 aliphatic rings. The Morgan fingerprint density at radius 3 is 3.16 bits per heavy atom. The molecule has 1 aromatic heterocycles. The molecule has 7 heteroatoms. The van der Waals surface area contributed by atoms with E-state index >= 15 is 0 Å². The Morgan fingerprint density at radius 2 is 2.42 bits per heavy atom. The van der Waals surface area contributed by atoms with Gasteiger partial charge in [0.2, 0.25) is 0 Å². The lowest BCUT2D eigenvalue weighted by Crippen LogP contribution is -2.56. The number of allylic oxidation sites excluding steroid dienone is 2. The zero-order valence-corrected chi connectivity index (χ0v) is 11.6. The van der Waals surface area contributed by atoms with E-state index in [1.807, 2.05) is 17.1 Å². The highest BCUT2D eigenvalue weighted by Gasteiger charge is 2.36. The van der Waals surface area contributed by atoms with Crippen molar-refractivity contribution in [2.75, 3.05) is 13.1 Å². The van der Waals surface area contributed by atoms with Gasteiger partial charge in [-0.2, -0.15) is 5.06 Å². The van der Waals surface area contributed by atoms with Crippen LogP contribution in [0.3, 0.4) is 0 Å². The minimum Gasteiger partial charge on any atom is -0.347 e. The molecule has 1 fully saturated rings. The summed E-state index contributed by atoms with van der Waals surface area (Å²) in [5, 5.41) is 11.1. The number of hydrogen-bond acceptors (Lipinski definition) is 6. The molecule has 1 aromatic rings. The van der Waals surface area contributed by atoms with Gasteiger partial charge in [0.1, 0.15) is 6.17 Å². The van der Waals surface area contributed by atoms with Gasteiger partial charge in [0, 0.05) is 24.0 Å². The Balaban J connectivity index is 1.85. The third-order valence-electron chi connectivity index (χ3n) is 3.21. The number of thiazole rings is 1. The van der Waals surface area contributed by atoms with Crippen LogP contribution in [0.25, 0.3) is 0 Å². The largest absolute Gasteiger partial charge is 0.347 e. The molecule has 3 rings (SSSR count). The number of ketones is 1. The van der Waals surface area contributed by atoms with Gasteiger partial charge in [0.25, 0.3) is 0 Å². The average molecular weight is 298 g/mol. The highest BCUT2D eigenvalue weighted by atomic mass is 35.5. The number of Topliss-reactive ketones (excluding diaryl/α,β-unsaturated/α-hetero) is 1. The van der Waals surface area contributed by atoms with Crippen LogP contribution in [0.5, 0.6) is 0 Å². The number of hydrogen-bond donors (Lipinski definition) is 1. The van der Waals surface area contributed by atoms with E-state index in [2.05, 4.69) is 4.98 Å². The standard InChI is InChI=1S/C12H12ClN3O2S/c13-12-14-6-8(19-12)5-11-15-4-2-1-3-9(15)10(17)7-16(11)18/h1-3,6,11,18H,4-5,7H2. The summed E-state index contributed by atoms with van der Waals surface area (Å²) in [4.78, 5) is 18.7. The Morgan fingerprint density at radius 1 is 1.58 bits per heavy atom. The lowest BCUT2D eigenvalue weighted by molar-refractivity contribution is -0.182. The number of aromatic nitrogens is 1. The van der Waals surface area contributed by atoms with Gasteiger partial charge >= 0.3 is 0 Å². The minimum atomic E-state index is -0.259. The summed E-state index contributed by atoms with van der Waals surface area (Å²) in [6, 6.07) is 0. The molecule has 0 spiro atoms. The Bertz CT molecular complexity index is 569. The van der Waals surface area contributed by atoms with Crippen LogP contribution in [0.2, 0.25) is 4.47 Å². The first-order valence-corrected chi connectivity index (χ1v) is 7.07. The Labute approximate surface area is 119 Å². The summed E-state index contributed by atoms with van der Waals surface area (Å²) in [6.45, 7) is 0.638. The molecule has 1 unspecified atom stereocenters. The van der Waals surface area contributed by atoms with Crippen molar-refractivity contribution in [2.24, 2.45) is 0 Å². The molecule has 2 aliphatic heterocycles. The molecular formula is C12H12ClN3O2S. The van der Waals surface area contributed by atoms with Crippen molar-refractivity contribution >= 4 is 28.7 Å². The predicted molar refractivity (Wildman–Crippen MR) is 72.0 cm³/mol. The zero-order valence-electron chi connectivity index (χ0n) is 9.99. The second-order valence-corrected chi connectivity index (χ2v) is 6.11. The molecule has 0 aromatic carbocycles. The van der Waals surface area contributed by atoms with Crippen LogP contribution in [-0.4, -0.2) is 45.2 Å². The van der Waals surface area contributed by atoms with Crippen molar-refractivity contribution in [1.29, 1.82) is 0 Å². The predicted octanol–water partition coefficient (Wildman–Crippen LogP) is 1.69. The van der Waals surface area contributed by atoms with E-state index in [9.17, 15) is 10.0 Å². The highest BCUT2D eigenvalue weighted by molar-refractivity contribution is 7.15. The second-order valence-electron chi connectivity index (χ2n) is 4.42. The molecule has 0 bridgehead atoms. The van der Waals surface area contributed by atoms with E-state index in [4.69, 9.17) is 11.6 Å². The minimum absolute atomic E-state index is 0.0212. The van der Waals surface area contributed by atoms with Crippen LogP contribution in [0.4, 0.5) is 0 Å². The van der Waals surface area contributed by atoms with Crippen molar-refractivity contribution in [3.05, 3.63) is 39.5 Å². The smallest absolute Gasteiger partial charge is 0.195 e. The first-order valence-electron chi connectivity index (χ1n) is 5.87. The third kappa shape index (κ3) is 2.44. The fourth-order valence-electron chi connectivity index (χ4n) is 2.33. The van der Waals surface area contributed by atoms with Gasteiger partial charge in [-0.15, -0.1) is 11.3 Å². The first kappa shape index (κ1) is 12.8. The number of carbonyl (C=O) groups excluding carboxylic acids is 1. The zero-order chi connectivity index (χ0) is 13.4. The number of fused-ring (bicyclic) bond motifs is 1. The molecule has 0 saturated carbocycles. The van der Waals surface area contributed by atoms with Crippen LogP contribution in [0.15, 0.2) is 30.1 Å². The van der Waals surface area contributed by atoms with Gasteiger partial charge in [0.05, 0.1) is 12.2 Å². The monoisotopic (exact) mass is 297 g/mol. The average Bonchev–Trinajstić information content (AvgIpc) is 2.80. The summed E-state index contributed by atoms with van der Waals surface area (Å²) in [7, 11) is 0. The Kier molecular flexibility index (Phi) is 3.40. The molecular weight excluding hydrogens is 286 g/mol. The fourth-order valence-corrected chi connectivity index (χ4v) is 3.34. The summed E-state index contributed by atoms with van der Waals surface area (Å²) in [6.07, 6.45) is 7.66. The number of carbonyl (C=O) groups is 1. The van der Waals surface area contributed by atoms with Crippen LogP contribution in [0.1, 0.15) is 4.88 Å². The van der Waals surface area contributed by atoms with E-state index in [1.54, 1.807) is 12.3 Å². The van der Waals surface area contributed by atoms with Crippen LogP contribution in [0, 0.1) is 0 Å². The van der Waals surface area contributed by atoms with Crippen molar-refractivity contribution in [3.63, 3.8) is 0 Å². The molecule has 19 heavy (non-hydrogen) atoms. The van der Waals surface area contributed by atoms with E-state index < -0.39 is 0 Å². The van der Waals surface area contributed by atoms with Gasteiger partial charge in [-0.05, 0) is 6.08 Å². The maximum atomic E-state index is 11.9. The topological polar surface area (TPSA) is 56.7 Å². The molecule has 0 radical (unpaired) electrons.